The lowest BCUT2D eigenvalue weighted by Gasteiger charge is -2.32. The van der Waals surface area contributed by atoms with E-state index in [9.17, 15) is 4.79 Å². The van der Waals surface area contributed by atoms with Gasteiger partial charge in [0.2, 0.25) is 11.7 Å². The van der Waals surface area contributed by atoms with Gasteiger partial charge in [-0.05, 0) is 37.1 Å². The summed E-state index contributed by atoms with van der Waals surface area (Å²) in [6, 6.07) is 3.92. The molecule has 1 heterocycles. The van der Waals surface area contributed by atoms with Crippen LogP contribution in [0.1, 0.15) is 18.4 Å². The van der Waals surface area contributed by atoms with Crippen molar-refractivity contribution < 1.29 is 19.0 Å². The minimum absolute atomic E-state index is 0. The third kappa shape index (κ3) is 5.65. The highest BCUT2D eigenvalue weighted by Gasteiger charge is 2.26. The van der Waals surface area contributed by atoms with Gasteiger partial charge in [-0.1, -0.05) is 0 Å². The predicted octanol–water partition coefficient (Wildman–Crippen LogP) is 1.42. The van der Waals surface area contributed by atoms with Gasteiger partial charge in [0, 0.05) is 26.2 Å². The summed E-state index contributed by atoms with van der Waals surface area (Å²) in [7, 11) is 4.81. The first-order valence-electron chi connectivity index (χ1n) is 8.62. The highest BCUT2D eigenvalue weighted by Crippen LogP contribution is 2.38. The van der Waals surface area contributed by atoms with E-state index in [1.54, 1.807) is 21.3 Å². The Morgan fingerprint density at radius 3 is 2.42 bits per heavy atom. The van der Waals surface area contributed by atoms with Crippen molar-refractivity contribution in [1.82, 2.24) is 10.2 Å². The van der Waals surface area contributed by atoms with Crippen molar-refractivity contribution in [2.45, 2.75) is 19.4 Å². The Morgan fingerprint density at radius 2 is 1.88 bits per heavy atom. The number of methoxy groups -OCH3 is 3. The second kappa shape index (κ2) is 11.1. The molecular formula is C18H30ClN3O4. The van der Waals surface area contributed by atoms with Crippen LogP contribution in [0.25, 0.3) is 0 Å². The lowest BCUT2D eigenvalue weighted by Crippen LogP contribution is -2.43. The van der Waals surface area contributed by atoms with E-state index in [0.717, 1.165) is 38.0 Å². The van der Waals surface area contributed by atoms with Gasteiger partial charge in [-0.2, -0.15) is 0 Å². The van der Waals surface area contributed by atoms with E-state index in [-0.39, 0.29) is 24.2 Å². The molecule has 3 N–H and O–H groups in total. The summed E-state index contributed by atoms with van der Waals surface area (Å²) in [6.07, 6.45) is 1.92. The van der Waals surface area contributed by atoms with Crippen LogP contribution in [-0.4, -0.2) is 58.3 Å². The standard InChI is InChI=1S/C18H29N3O4.ClH/c1-23-15-9-13(10-16(24-2)17(15)25-3)11-21-8-4-5-14(12-21)18(22)20-7-6-19;/h9-10,14H,4-8,11-12,19H2,1-3H3,(H,20,22);1H. The molecule has 1 unspecified atom stereocenters. The van der Waals surface area contributed by atoms with Crippen molar-refractivity contribution in [2.75, 3.05) is 47.5 Å². The number of nitrogens with two attached hydrogens (primary N) is 1. The van der Waals surface area contributed by atoms with E-state index in [1.807, 2.05) is 12.1 Å². The summed E-state index contributed by atoms with van der Waals surface area (Å²) in [5.41, 5.74) is 6.52. The summed E-state index contributed by atoms with van der Waals surface area (Å²) in [6.45, 7) is 3.44. The molecule has 1 aromatic carbocycles. The van der Waals surface area contributed by atoms with Crippen LogP contribution in [-0.2, 0) is 11.3 Å². The third-order valence-corrected chi connectivity index (χ3v) is 4.45. The van der Waals surface area contributed by atoms with Gasteiger partial charge in [-0.15, -0.1) is 12.4 Å². The summed E-state index contributed by atoms with van der Waals surface area (Å²) in [4.78, 5) is 14.5. The van der Waals surface area contributed by atoms with E-state index >= 15 is 0 Å². The molecule has 1 aromatic rings. The zero-order chi connectivity index (χ0) is 18.2. The Kier molecular flexibility index (Phi) is 9.54. The quantitative estimate of drug-likeness (QED) is 0.701. The van der Waals surface area contributed by atoms with E-state index in [4.69, 9.17) is 19.9 Å². The van der Waals surface area contributed by atoms with Crippen molar-refractivity contribution in [3.63, 3.8) is 0 Å². The fourth-order valence-electron chi connectivity index (χ4n) is 3.24. The number of likely N-dealkylation sites (tertiary alicyclic amines) is 1. The maximum atomic E-state index is 12.2. The van der Waals surface area contributed by atoms with Crippen LogP contribution in [0.2, 0.25) is 0 Å². The molecule has 0 spiro atoms. The molecule has 1 aliphatic rings. The number of carbonyl (C=O) groups excluding carboxylic acids is 1. The van der Waals surface area contributed by atoms with Crippen LogP contribution in [0.3, 0.4) is 0 Å². The van der Waals surface area contributed by atoms with Crippen molar-refractivity contribution in [3.8, 4) is 17.2 Å². The van der Waals surface area contributed by atoms with Crippen LogP contribution in [0.15, 0.2) is 12.1 Å². The van der Waals surface area contributed by atoms with Gasteiger partial charge in [-0.25, -0.2) is 0 Å². The zero-order valence-electron chi connectivity index (χ0n) is 15.7. The van der Waals surface area contributed by atoms with E-state index in [0.29, 0.717) is 30.3 Å². The Balaban J connectivity index is 0.00000338. The summed E-state index contributed by atoms with van der Waals surface area (Å²) < 4.78 is 16.2. The number of hydrogen-bond acceptors (Lipinski definition) is 6. The van der Waals surface area contributed by atoms with E-state index in [1.165, 1.54) is 0 Å². The van der Waals surface area contributed by atoms with Gasteiger partial charge in [0.15, 0.2) is 11.5 Å². The van der Waals surface area contributed by atoms with Gasteiger partial charge < -0.3 is 25.3 Å². The number of amides is 1. The van der Waals surface area contributed by atoms with Crippen LogP contribution in [0.4, 0.5) is 0 Å². The Labute approximate surface area is 161 Å². The van der Waals surface area contributed by atoms with Gasteiger partial charge >= 0.3 is 0 Å². The second-order valence-corrected chi connectivity index (χ2v) is 6.19. The average molecular weight is 388 g/mol. The van der Waals surface area contributed by atoms with Crippen molar-refractivity contribution in [2.24, 2.45) is 11.7 Å². The zero-order valence-corrected chi connectivity index (χ0v) is 16.6. The normalized spacial score (nSPS) is 17.2. The predicted molar refractivity (Wildman–Crippen MR) is 103 cm³/mol. The lowest BCUT2D eigenvalue weighted by atomic mass is 9.96. The van der Waals surface area contributed by atoms with Crippen molar-refractivity contribution in [3.05, 3.63) is 17.7 Å². The molecule has 0 bridgehead atoms. The number of ether oxygens (including phenoxy) is 3. The van der Waals surface area contributed by atoms with Gasteiger partial charge in [0.05, 0.1) is 27.2 Å². The number of carbonyl (C=O) groups is 1. The number of piperidine rings is 1. The second-order valence-electron chi connectivity index (χ2n) is 6.19. The molecule has 2 rings (SSSR count). The fraction of sp³-hybridized carbons (Fsp3) is 0.611. The third-order valence-electron chi connectivity index (χ3n) is 4.45. The SMILES string of the molecule is COc1cc(CN2CCCC(C(=O)NCCN)C2)cc(OC)c1OC.Cl. The highest BCUT2D eigenvalue weighted by atomic mass is 35.5. The van der Waals surface area contributed by atoms with Crippen molar-refractivity contribution >= 4 is 18.3 Å². The molecule has 148 valence electrons. The molecule has 0 radical (unpaired) electrons. The molecule has 0 saturated carbocycles. The van der Waals surface area contributed by atoms with E-state index in [2.05, 4.69) is 10.2 Å². The molecule has 1 aliphatic heterocycles. The molecule has 8 heteroatoms. The first kappa shape index (κ1) is 22.3. The number of halogens is 1. The van der Waals surface area contributed by atoms with Crippen molar-refractivity contribution in [1.29, 1.82) is 0 Å². The lowest BCUT2D eigenvalue weighted by molar-refractivity contribution is -0.126. The number of hydrogen-bond donors (Lipinski definition) is 2. The molecule has 1 atom stereocenters. The first-order chi connectivity index (χ1) is 12.1. The van der Waals surface area contributed by atoms with Gasteiger partial charge in [0.1, 0.15) is 0 Å². The minimum atomic E-state index is 0. The molecule has 1 fully saturated rings. The van der Waals surface area contributed by atoms with E-state index < -0.39 is 0 Å². The van der Waals surface area contributed by atoms with Crippen LogP contribution < -0.4 is 25.3 Å². The summed E-state index contributed by atoms with van der Waals surface area (Å²) in [5, 5.41) is 2.89. The molecular weight excluding hydrogens is 358 g/mol. The Hall–Kier alpha value is -1.70. The Morgan fingerprint density at radius 1 is 1.23 bits per heavy atom. The average Bonchev–Trinajstić information content (AvgIpc) is 2.65. The Bertz CT molecular complexity index is 561. The molecule has 1 amide bonds. The summed E-state index contributed by atoms with van der Waals surface area (Å²) >= 11 is 0. The molecule has 0 aliphatic carbocycles. The topological polar surface area (TPSA) is 86.1 Å². The highest BCUT2D eigenvalue weighted by molar-refractivity contribution is 5.85. The monoisotopic (exact) mass is 387 g/mol. The molecule has 26 heavy (non-hydrogen) atoms. The maximum Gasteiger partial charge on any atom is 0.224 e. The first-order valence-corrected chi connectivity index (χ1v) is 8.62. The summed E-state index contributed by atoms with van der Waals surface area (Å²) in [5.74, 6) is 1.99. The van der Waals surface area contributed by atoms with Crippen LogP contribution in [0.5, 0.6) is 17.2 Å². The molecule has 0 aromatic heterocycles. The number of benzene rings is 1. The largest absolute Gasteiger partial charge is 0.493 e. The number of rotatable bonds is 8. The van der Waals surface area contributed by atoms with Gasteiger partial charge in [0.25, 0.3) is 0 Å². The maximum absolute atomic E-state index is 12.2. The number of nitrogens with zero attached hydrogens (tertiary/aromatic N) is 1. The minimum Gasteiger partial charge on any atom is -0.493 e. The van der Waals surface area contributed by atoms with Gasteiger partial charge in [-0.3, -0.25) is 9.69 Å². The van der Waals surface area contributed by atoms with Crippen LogP contribution in [0, 0.1) is 5.92 Å². The smallest absolute Gasteiger partial charge is 0.224 e. The molecule has 7 nitrogen and oxygen atoms in total. The number of nitrogens with one attached hydrogen (secondary N) is 1. The molecule has 1 saturated heterocycles. The van der Waals surface area contributed by atoms with Crippen LogP contribution >= 0.6 is 12.4 Å². The fourth-order valence-corrected chi connectivity index (χ4v) is 3.24.